The van der Waals surface area contributed by atoms with E-state index in [2.05, 4.69) is 14.6 Å². The lowest BCUT2D eigenvalue weighted by Crippen LogP contribution is -2.42. The lowest BCUT2D eigenvalue weighted by Gasteiger charge is -2.29. The molecule has 2 aliphatic heterocycles. The van der Waals surface area contributed by atoms with Gasteiger partial charge in [-0.1, -0.05) is 35.3 Å². The number of morpholine rings is 1. The summed E-state index contributed by atoms with van der Waals surface area (Å²) >= 11 is 12.8. The first kappa shape index (κ1) is 39.8. The average Bonchev–Trinajstić information content (AvgIpc) is 3.93. The number of hydrogen-bond donors (Lipinski definition) is 0. The highest BCUT2D eigenvalue weighted by atomic mass is 35.5. The maximum Gasteiger partial charge on any atom is 0.387 e. The van der Waals surface area contributed by atoms with Gasteiger partial charge in [0.1, 0.15) is 12.6 Å². The van der Waals surface area contributed by atoms with Crippen molar-refractivity contribution in [1.82, 2.24) is 19.1 Å². The lowest BCUT2D eigenvalue weighted by molar-refractivity contribution is -0.149. The van der Waals surface area contributed by atoms with Crippen LogP contribution in [0.5, 0.6) is 11.5 Å². The van der Waals surface area contributed by atoms with Gasteiger partial charge in [0.05, 0.1) is 47.2 Å². The zero-order valence-electron chi connectivity index (χ0n) is 29.2. The maximum atomic E-state index is 13.6. The zero-order valence-corrected chi connectivity index (χ0v) is 31.5. The highest BCUT2D eigenvalue weighted by Gasteiger charge is 2.38. The maximum absolute atomic E-state index is 13.6. The molecule has 0 spiro atoms. The molecule has 0 N–H and O–H groups in total. The van der Waals surface area contributed by atoms with Crippen molar-refractivity contribution in [2.24, 2.45) is 5.92 Å². The fourth-order valence-corrected chi connectivity index (χ4v) is 7.43. The van der Waals surface area contributed by atoms with Crippen molar-refractivity contribution in [3.63, 3.8) is 0 Å². The van der Waals surface area contributed by atoms with Crippen molar-refractivity contribution in [2.45, 2.75) is 38.5 Å². The molecular weight excluding hydrogens is 773 g/mol. The van der Waals surface area contributed by atoms with Crippen LogP contribution in [0.25, 0.3) is 0 Å². The minimum atomic E-state index is -3.62. The molecule has 18 heteroatoms. The number of carbonyl (C=O) groups excluding carboxylic acids is 3. The number of hydrogen-bond acceptors (Lipinski definition) is 11. The number of aromatic nitrogens is 1. The van der Waals surface area contributed by atoms with Crippen LogP contribution in [0.4, 0.5) is 8.78 Å². The first-order valence-electron chi connectivity index (χ1n) is 17.2. The Labute approximate surface area is 321 Å². The van der Waals surface area contributed by atoms with Crippen LogP contribution < -0.4 is 9.47 Å². The van der Waals surface area contributed by atoms with E-state index in [1.807, 2.05) is 0 Å². The Morgan fingerprint density at radius 1 is 1.02 bits per heavy atom. The number of esters is 1. The Morgan fingerprint density at radius 2 is 1.72 bits per heavy atom. The molecular formula is C36H38Cl2F2N4O9S. The van der Waals surface area contributed by atoms with Crippen molar-refractivity contribution in [3.8, 4) is 11.5 Å². The highest BCUT2D eigenvalue weighted by Crippen LogP contribution is 2.38. The van der Waals surface area contributed by atoms with Gasteiger partial charge < -0.3 is 18.9 Å². The average molecular weight is 812 g/mol. The SMILES string of the molecule is CS(=O)(=O)N(CCN1CCOCC1)Cc1ccc2c(c1)C(=O)N(CC(=O)O[C@@H](Cc1c(Cl)cncc1Cl)c1ccc(OC(F)F)c(OCC3CC3)c1)C2=O. The minimum Gasteiger partial charge on any atom is -0.489 e. The van der Waals surface area contributed by atoms with Crippen molar-refractivity contribution in [3.05, 3.63) is 86.7 Å². The number of sulfonamides is 1. The molecule has 1 saturated carbocycles. The standard InChI is InChI=1S/C36H38Cl2F2N4O9S/c1-54(48,49)43(9-8-42-10-12-50-13-11-42)19-23-4-6-25-26(14-23)35(47)44(34(25)46)20-33(45)52-31(16-27-28(37)17-41-18-29(27)38)24-5-7-30(53-36(39)40)32(15-24)51-21-22-2-3-22/h4-7,14-15,17-18,22,31,36H,2-3,8-13,16,19-21H2,1H3/t31-/m0/s1. The third-order valence-electron chi connectivity index (χ3n) is 9.26. The van der Waals surface area contributed by atoms with Crippen LogP contribution in [-0.2, 0) is 37.3 Å². The van der Waals surface area contributed by atoms with Gasteiger partial charge in [0.2, 0.25) is 10.0 Å². The molecule has 2 fully saturated rings. The van der Waals surface area contributed by atoms with E-state index in [0.29, 0.717) is 49.5 Å². The summed E-state index contributed by atoms with van der Waals surface area (Å²) in [5.41, 5.74) is 1.24. The molecule has 1 saturated heterocycles. The molecule has 3 aromatic rings. The van der Waals surface area contributed by atoms with Crippen molar-refractivity contribution < 1.29 is 50.5 Å². The van der Waals surface area contributed by atoms with Gasteiger partial charge in [-0.15, -0.1) is 0 Å². The molecule has 1 aromatic heterocycles. The Balaban J connectivity index is 1.19. The Morgan fingerprint density at radius 3 is 2.39 bits per heavy atom. The summed E-state index contributed by atoms with van der Waals surface area (Å²) in [7, 11) is -3.62. The zero-order chi connectivity index (χ0) is 38.6. The summed E-state index contributed by atoms with van der Waals surface area (Å²) in [5, 5.41) is 0.358. The molecule has 0 unspecified atom stereocenters. The second-order valence-electron chi connectivity index (χ2n) is 13.2. The molecule has 2 aromatic carbocycles. The Hall–Kier alpha value is -3.93. The number of fused-ring (bicyclic) bond motifs is 1. The van der Waals surface area contributed by atoms with E-state index in [0.717, 1.165) is 24.0 Å². The van der Waals surface area contributed by atoms with Crippen LogP contribution in [0.15, 0.2) is 48.8 Å². The van der Waals surface area contributed by atoms with Gasteiger partial charge in [0, 0.05) is 51.5 Å². The summed E-state index contributed by atoms with van der Waals surface area (Å²) in [5.74, 6) is -2.36. The smallest absolute Gasteiger partial charge is 0.387 e. The number of benzene rings is 2. The third kappa shape index (κ3) is 10.0. The van der Waals surface area contributed by atoms with Gasteiger partial charge >= 0.3 is 12.6 Å². The topological polar surface area (TPSA) is 145 Å². The minimum absolute atomic E-state index is 0.0133. The van der Waals surface area contributed by atoms with E-state index in [1.165, 1.54) is 47.0 Å². The van der Waals surface area contributed by atoms with Gasteiger partial charge in [-0.2, -0.15) is 13.1 Å². The van der Waals surface area contributed by atoms with Crippen molar-refractivity contribution in [2.75, 3.05) is 58.8 Å². The predicted octanol–water partition coefficient (Wildman–Crippen LogP) is 5.00. The number of halogens is 4. The third-order valence-corrected chi connectivity index (χ3v) is 11.2. The monoisotopic (exact) mass is 810 g/mol. The van der Waals surface area contributed by atoms with Gasteiger partial charge in [-0.3, -0.25) is 29.2 Å². The largest absolute Gasteiger partial charge is 0.489 e. The van der Waals surface area contributed by atoms with Crippen LogP contribution in [0, 0.1) is 5.92 Å². The number of rotatable bonds is 17. The summed E-state index contributed by atoms with van der Waals surface area (Å²) < 4.78 is 74.8. The van der Waals surface area contributed by atoms with Crippen LogP contribution in [0.1, 0.15) is 56.4 Å². The quantitative estimate of drug-likeness (QED) is 0.134. The van der Waals surface area contributed by atoms with Crippen LogP contribution in [0.3, 0.4) is 0 Å². The second-order valence-corrected chi connectivity index (χ2v) is 16.0. The normalized spacial score (nSPS) is 16.9. The molecule has 1 aliphatic carbocycles. The van der Waals surface area contributed by atoms with Crippen LogP contribution in [0.2, 0.25) is 10.0 Å². The van der Waals surface area contributed by atoms with E-state index in [1.54, 1.807) is 6.07 Å². The highest BCUT2D eigenvalue weighted by molar-refractivity contribution is 7.88. The lowest BCUT2D eigenvalue weighted by atomic mass is 10.0. The Kier molecular flexibility index (Phi) is 12.7. The number of alkyl halides is 2. The van der Waals surface area contributed by atoms with E-state index in [4.69, 9.17) is 37.4 Å². The molecule has 1 atom stereocenters. The van der Waals surface area contributed by atoms with Crippen molar-refractivity contribution >= 4 is 51.0 Å². The number of carbonyl (C=O) groups is 3. The summed E-state index contributed by atoms with van der Waals surface area (Å²) in [6, 6.07) is 8.58. The summed E-state index contributed by atoms with van der Waals surface area (Å²) in [6.45, 7) is -0.398. The van der Waals surface area contributed by atoms with Gasteiger partial charge in [0.25, 0.3) is 11.8 Å². The number of nitrogens with zero attached hydrogens (tertiary/aromatic N) is 4. The number of ether oxygens (including phenoxy) is 4. The van der Waals surface area contributed by atoms with Crippen molar-refractivity contribution in [1.29, 1.82) is 0 Å². The fraction of sp³-hybridized carbons (Fsp3) is 0.444. The molecule has 54 heavy (non-hydrogen) atoms. The number of imide groups is 1. The molecule has 0 bridgehead atoms. The van der Waals surface area contributed by atoms with E-state index in [-0.39, 0.29) is 64.7 Å². The summed E-state index contributed by atoms with van der Waals surface area (Å²) in [6.07, 6.45) is 4.49. The van der Waals surface area contributed by atoms with Crippen LogP contribution in [-0.4, -0.2) is 111 Å². The molecule has 2 amide bonds. The predicted molar refractivity (Wildman–Crippen MR) is 192 cm³/mol. The first-order chi connectivity index (χ1) is 25.8. The van der Waals surface area contributed by atoms with Gasteiger partial charge in [0.15, 0.2) is 11.5 Å². The van der Waals surface area contributed by atoms with Gasteiger partial charge in [-0.25, -0.2) is 8.42 Å². The molecule has 13 nitrogen and oxygen atoms in total. The van der Waals surface area contributed by atoms with E-state index >= 15 is 0 Å². The fourth-order valence-electron chi connectivity index (χ4n) is 6.12. The number of pyridine rings is 1. The molecule has 3 aliphatic rings. The molecule has 290 valence electrons. The number of amides is 2. The molecule has 6 rings (SSSR count). The molecule has 0 radical (unpaired) electrons. The molecule has 3 heterocycles. The van der Waals surface area contributed by atoms with Gasteiger partial charge in [-0.05, 0) is 59.7 Å². The first-order valence-corrected chi connectivity index (χ1v) is 19.8. The van der Waals surface area contributed by atoms with Crippen LogP contribution >= 0.6 is 23.2 Å². The summed E-state index contributed by atoms with van der Waals surface area (Å²) in [4.78, 5) is 47.3. The Bertz CT molecular complexity index is 1980. The van der Waals surface area contributed by atoms with E-state index < -0.39 is 47.1 Å². The van der Waals surface area contributed by atoms with E-state index in [9.17, 15) is 31.6 Å². The second kappa shape index (κ2) is 17.3.